The number of carbonyl (C=O) groups is 1. The summed E-state index contributed by atoms with van der Waals surface area (Å²) >= 11 is 1.54. The van der Waals surface area contributed by atoms with E-state index in [4.69, 9.17) is 9.15 Å². The van der Waals surface area contributed by atoms with Crippen LogP contribution in [-0.2, 0) is 4.74 Å². The van der Waals surface area contributed by atoms with Crippen molar-refractivity contribution in [2.45, 2.75) is 13.0 Å². The van der Waals surface area contributed by atoms with Gasteiger partial charge in [-0.15, -0.1) is 11.3 Å². The zero-order valence-corrected chi connectivity index (χ0v) is 15.4. The lowest BCUT2D eigenvalue weighted by Gasteiger charge is -2.33. The van der Waals surface area contributed by atoms with Crippen LogP contribution in [0.5, 0.6) is 0 Å². The first-order chi connectivity index (χ1) is 12.7. The number of aromatic nitrogens is 1. The summed E-state index contributed by atoms with van der Waals surface area (Å²) in [5.41, 5.74) is 3.36. The minimum Gasteiger partial charge on any atom is -0.465 e. The van der Waals surface area contributed by atoms with Gasteiger partial charge in [-0.2, -0.15) is 0 Å². The lowest BCUT2D eigenvalue weighted by atomic mass is 10.1. The Bertz CT molecular complexity index is 898. The van der Waals surface area contributed by atoms with Crippen LogP contribution >= 0.6 is 11.3 Å². The number of benzene rings is 1. The molecule has 0 saturated carbocycles. The predicted octanol–water partition coefficient (Wildman–Crippen LogP) is 3.00. The van der Waals surface area contributed by atoms with Crippen LogP contribution in [0.3, 0.4) is 0 Å². The van der Waals surface area contributed by atoms with Crippen molar-refractivity contribution in [2.24, 2.45) is 0 Å². The molecule has 1 aliphatic rings. The Balaban J connectivity index is 1.48. The van der Waals surface area contributed by atoms with Gasteiger partial charge in [0.2, 0.25) is 0 Å². The molecule has 0 aliphatic carbocycles. The molecule has 26 heavy (non-hydrogen) atoms. The maximum absolute atomic E-state index is 12.6. The Hall–Kier alpha value is -2.22. The maximum Gasteiger partial charge on any atom is 0.251 e. The predicted molar refractivity (Wildman–Crippen MR) is 101 cm³/mol. The smallest absolute Gasteiger partial charge is 0.251 e. The van der Waals surface area contributed by atoms with Crippen molar-refractivity contribution in [1.82, 2.24) is 15.2 Å². The number of amides is 1. The molecule has 1 unspecified atom stereocenters. The van der Waals surface area contributed by atoms with Crippen LogP contribution in [0.1, 0.15) is 27.9 Å². The minimum atomic E-state index is -0.0816. The Morgan fingerprint density at radius 2 is 2.15 bits per heavy atom. The second kappa shape index (κ2) is 7.57. The molecule has 1 atom stereocenters. The minimum absolute atomic E-state index is 0.00341. The van der Waals surface area contributed by atoms with Crippen molar-refractivity contribution in [3.63, 3.8) is 0 Å². The van der Waals surface area contributed by atoms with Crippen LogP contribution < -0.4 is 5.32 Å². The number of nitrogens with zero attached hydrogens (tertiary/aromatic N) is 2. The van der Waals surface area contributed by atoms with Gasteiger partial charge in [-0.25, -0.2) is 4.98 Å². The molecule has 136 valence electrons. The number of carbonyl (C=O) groups excluding carboxylic acids is 1. The fourth-order valence-electron chi connectivity index (χ4n) is 3.22. The first-order valence-electron chi connectivity index (χ1n) is 8.70. The van der Waals surface area contributed by atoms with Crippen LogP contribution in [0.25, 0.3) is 10.2 Å². The van der Waals surface area contributed by atoms with Gasteiger partial charge in [0.15, 0.2) is 0 Å². The number of morpholine rings is 1. The molecule has 1 amide bonds. The van der Waals surface area contributed by atoms with Crippen LogP contribution in [-0.4, -0.2) is 48.6 Å². The highest BCUT2D eigenvalue weighted by Gasteiger charge is 2.25. The molecular weight excluding hydrogens is 350 g/mol. The van der Waals surface area contributed by atoms with E-state index in [9.17, 15) is 4.79 Å². The average molecular weight is 371 g/mol. The molecule has 2 aromatic heterocycles. The first-order valence-corrected chi connectivity index (χ1v) is 9.58. The number of furan rings is 1. The van der Waals surface area contributed by atoms with Crippen molar-refractivity contribution in [3.8, 4) is 0 Å². The van der Waals surface area contributed by atoms with Crippen LogP contribution in [0.2, 0.25) is 0 Å². The van der Waals surface area contributed by atoms with E-state index in [0.29, 0.717) is 25.3 Å². The van der Waals surface area contributed by atoms with Gasteiger partial charge in [-0.3, -0.25) is 9.69 Å². The van der Waals surface area contributed by atoms with E-state index in [1.807, 2.05) is 37.3 Å². The number of thiazole rings is 1. The normalized spacial score (nSPS) is 16.7. The Labute approximate surface area is 155 Å². The molecule has 1 aromatic carbocycles. The van der Waals surface area contributed by atoms with E-state index in [2.05, 4.69) is 15.2 Å². The molecule has 3 aromatic rings. The third-order valence-corrected chi connectivity index (χ3v) is 5.42. The van der Waals surface area contributed by atoms with Crippen LogP contribution in [0.4, 0.5) is 0 Å². The SMILES string of the molecule is Cc1ccc(C(CNC(=O)c2ccc3ncsc3c2)N2CCOCC2)o1. The lowest BCUT2D eigenvalue weighted by molar-refractivity contribution is 0.0117. The number of hydrogen-bond acceptors (Lipinski definition) is 6. The van der Waals surface area contributed by atoms with E-state index < -0.39 is 0 Å². The van der Waals surface area contributed by atoms with Gasteiger partial charge >= 0.3 is 0 Å². The molecule has 3 heterocycles. The highest BCUT2D eigenvalue weighted by atomic mass is 32.1. The van der Waals surface area contributed by atoms with Crippen LogP contribution in [0.15, 0.2) is 40.3 Å². The fraction of sp³-hybridized carbons (Fsp3) is 0.368. The van der Waals surface area contributed by atoms with E-state index in [1.54, 1.807) is 5.51 Å². The average Bonchev–Trinajstić information content (AvgIpc) is 3.31. The van der Waals surface area contributed by atoms with Gasteiger partial charge in [0.25, 0.3) is 5.91 Å². The molecule has 1 aliphatic heterocycles. The lowest BCUT2D eigenvalue weighted by Crippen LogP contribution is -2.43. The zero-order valence-electron chi connectivity index (χ0n) is 14.6. The second-order valence-corrected chi connectivity index (χ2v) is 7.24. The number of nitrogens with one attached hydrogen (secondary N) is 1. The number of aryl methyl sites for hydroxylation is 1. The van der Waals surface area contributed by atoms with Gasteiger partial charge in [-0.05, 0) is 37.3 Å². The molecule has 0 bridgehead atoms. The monoisotopic (exact) mass is 371 g/mol. The molecule has 1 fully saturated rings. The van der Waals surface area contributed by atoms with Gasteiger partial charge in [0.05, 0.1) is 35.0 Å². The van der Waals surface area contributed by atoms with Crippen molar-refractivity contribution < 1.29 is 13.9 Å². The number of fused-ring (bicyclic) bond motifs is 1. The summed E-state index contributed by atoms with van der Waals surface area (Å²) in [6, 6.07) is 9.55. The Kier molecular flexibility index (Phi) is 5.01. The molecule has 0 radical (unpaired) electrons. The van der Waals surface area contributed by atoms with E-state index in [-0.39, 0.29) is 11.9 Å². The summed E-state index contributed by atoms with van der Waals surface area (Å²) in [6.45, 7) is 5.48. The number of ether oxygens (including phenoxy) is 1. The third kappa shape index (κ3) is 3.65. The van der Waals surface area contributed by atoms with E-state index in [1.165, 1.54) is 11.3 Å². The quantitative estimate of drug-likeness (QED) is 0.747. The molecule has 1 N–H and O–H groups in total. The zero-order chi connectivity index (χ0) is 17.9. The Morgan fingerprint density at radius 1 is 1.31 bits per heavy atom. The molecule has 1 saturated heterocycles. The topological polar surface area (TPSA) is 67.6 Å². The summed E-state index contributed by atoms with van der Waals surface area (Å²) in [5, 5.41) is 3.06. The van der Waals surface area contributed by atoms with Gasteiger partial charge in [0, 0.05) is 25.2 Å². The molecule has 0 spiro atoms. The van der Waals surface area contributed by atoms with E-state index in [0.717, 1.165) is 34.8 Å². The van der Waals surface area contributed by atoms with Gasteiger partial charge < -0.3 is 14.5 Å². The highest BCUT2D eigenvalue weighted by Crippen LogP contribution is 2.24. The largest absolute Gasteiger partial charge is 0.465 e. The number of rotatable bonds is 5. The van der Waals surface area contributed by atoms with Gasteiger partial charge in [-0.1, -0.05) is 0 Å². The van der Waals surface area contributed by atoms with Crippen molar-refractivity contribution in [2.75, 3.05) is 32.8 Å². The van der Waals surface area contributed by atoms with Crippen molar-refractivity contribution in [3.05, 3.63) is 52.9 Å². The summed E-state index contributed by atoms with van der Waals surface area (Å²) in [6.07, 6.45) is 0. The van der Waals surface area contributed by atoms with Gasteiger partial charge in [0.1, 0.15) is 11.5 Å². The molecule has 7 heteroatoms. The molecule has 6 nitrogen and oxygen atoms in total. The fourth-order valence-corrected chi connectivity index (χ4v) is 3.94. The second-order valence-electron chi connectivity index (χ2n) is 6.36. The van der Waals surface area contributed by atoms with Crippen molar-refractivity contribution in [1.29, 1.82) is 0 Å². The first kappa shape index (κ1) is 17.2. The highest BCUT2D eigenvalue weighted by molar-refractivity contribution is 7.16. The Morgan fingerprint density at radius 3 is 2.92 bits per heavy atom. The summed E-state index contributed by atoms with van der Waals surface area (Å²) < 4.78 is 12.3. The molecular formula is C19H21N3O3S. The summed E-state index contributed by atoms with van der Waals surface area (Å²) in [7, 11) is 0. The van der Waals surface area contributed by atoms with E-state index >= 15 is 0 Å². The standard InChI is InChI=1S/C19H21N3O3S/c1-13-2-5-17(25-13)16(22-6-8-24-9-7-22)11-20-19(23)14-3-4-15-18(10-14)26-12-21-15/h2-5,10,12,16H,6-9,11H2,1H3,(H,20,23). The van der Waals surface area contributed by atoms with Crippen molar-refractivity contribution >= 4 is 27.5 Å². The maximum atomic E-state index is 12.6. The van der Waals surface area contributed by atoms with Crippen LogP contribution in [0, 0.1) is 6.92 Å². The number of hydrogen-bond donors (Lipinski definition) is 1. The summed E-state index contributed by atoms with van der Waals surface area (Å²) in [5.74, 6) is 1.67. The summed E-state index contributed by atoms with van der Waals surface area (Å²) in [4.78, 5) is 19.2. The third-order valence-electron chi connectivity index (χ3n) is 4.63. The molecule has 4 rings (SSSR count).